The summed E-state index contributed by atoms with van der Waals surface area (Å²) in [6.07, 6.45) is 8.40. The van der Waals surface area contributed by atoms with Gasteiger partial charge in [0.1, 0.15) is 5.75 Å². The number of nitrogens with zero attached hydrogens (tertiary/aromatic N) is 1. The van der Waals surface area contributed by atoms with Crippen LogP contribution in [-0.4, -0.2) is 50.5 Å². The number of ether oxygens (including phenoxy) is 1. The van der Waals surface area contributed by atoms with Gasteiger partial charge in [0.2, 0.25) is 10.0 Å². The number of hydrogen-bond donors (Lipinski definition) is 2. The summed E-state index contributed by atoms with van der Waals surface area (Å²) in [6.45, 7) is 2.00. The molecule has 2 fully saturated rings. The maximum atomic E-state index is 13.3. The topological polar surface area (TPSA) is 95.9 Å². The van der Waals surface area contributed by atoms with Gasteiger partial charge in [-0.25, -0.2) is 13.1 Å². The average molecular weight is 599 g/mol. The lowest BCUT2D eigenvalue weighted by molar-refractivity contribution is 0.00796. The second-order valence-corrected chi connectivity index (χ2v) is 15.5. The molecule has 2 N–H and O–H groups in total. The molecular formula is C32H39ClN2O5S. The third-order valence-electron chi connectivity index (χ3n) is 10.8. The number of sulfonamides is 1. The number of carbonyl (C=O) groups excluding carboxylic acids is 1. The highest BCUT2D eigenvalue weighted by molar-refractivity contribution is 7.90. The van der Waals surface area contributed by atoms with Crippen LogP contribution >= 0.6 is 11.6 Å². The maximum absolute atomic E-state index is 13.3. The molecule has 2 bridgehead atoms. The Kier molecular flexibility index (Phi) is 7.02. The Bertz CT molecular complexity index is 1460. The predicted molar refractivity (Wildman–Crippen MR) is 159 cm³/mol. The normalized spacial score (nSPS) is 34.4. The Balaban J connectivity index is 1.28. The summed E-state index contributed by atoms with van der Waals surface area (Å²) < 4.78 is 35.3. The van der Waals surface area contributed by atoms with Crippen molar-refractivity contribution in [2.24, 2.45) is 17.8 Å². The van der Waals surface area contributed by atoms with Gasteiger partial charge in [-0.3, -0.25) is 4.79 Å². The van der Waals surface area contributed by atoms with Crippen molar-refractivity contribution in [1.29, 1.82) is 0 Å². The molecule has 0 radical (unpaired) electrons. The highest BCUT2D eigenvalue weighted by Gasteiger charge is 2.45. The molecule has 2 saturated carbocycles. The van der Waals surface area contributed by atoms with E-state index in [2.05, 4.69) is 21.8 Å². The minimum atomic E-state index is -3.79. The third kappa shape index (κ3) is 4.94. The molecule has 7 nitrogen and oxygen atoms in total. The molecule has 1 spiro atoms. The molecule has 9 heteroatoms. The lowest BCUT2D eigenvalue weighted by Gasteiger charge is -2.46. The van der Waals surface area contributed by atoms with Gasteiger partial charge in [0, 0.05) is 29.1 Å². The number of aliphatic hydroxyl groups is 1. The van der Waals surface area contributed by atoms with Crippen molar-refractivity contribution < 1.29 is 23.1 Å². The molecule has 220 valence electrons. The van der Waals surface area contributed by atoms with Crippen LogP contribution in [0.4, 0.5) is 5.69 Å². The Morgan fingerprint density at radius 2 is 1.85 bits per heavy atom. The smallest absolute Gasteiger partial charge is 0.264 e. The highest BCUT2D eigenvalue weighted by Crippen LogP contribution is 2.47. The zero-order valence-electron chi connectivity index (χ0n) is 23.4. The molecule has 0 unspecified atom stereocenters. The molecule has 0 saturated heterocycles. The minimum Gasteiger partial charge on any atom is -0.490 e. The largest absolute Gasteiger partial charge is 0.490 e. The fourth-order valence-electron chi connectivity index (χ4n) is 8.21. The molecular weight excluding hydrogens is 560 g/mol. The van der Waals surface area contributed by atoms with Gasteiger partial charge in [0.25, 0.3) is 5.91 Å². The number of aryl methyl sites for hydroxylation is 1. The number of hydrogen-bond acceptors (Lipinski definition) is 6. The second-order valence-electron chi connectivity index (χ2n) is 13.1. The molecule has 7 rings (SSSR count). The molecule has 1 amide bonds. The first-order valence-electron chi connectivity index (χ1n) is 15.3. The maximum Gasteiger partial charge on any atom is 0.264 e. The summed E-state index contributed by atoms with van der Waals surface area (Å²) >= 11 is 6.39. The van der Waals surface area contributed by atoms with Crippen LogP contribution in [0.2, 0.25) is 5.02 Å². The van der Waals surface area contributed by atoms with Crippen LogP contribution in [0.25, 0.3) is 0 Å². The summed E-state index contributed by atoms with van der Waals surface area (Å²) in [5.41, 5.74) is 3.45. The molecule has 2 aliphatic heterocycles. The molecule has 2 heterocycles. The zero-order valence-corrected chi connectivity index (χ0v) is 24.9. The predicted octanol–water partition coefficient (Wildman–Crippen LogP) is 5.22. The molecule has 2 aromatic rings. The summed E-state index contributed by atoms with van der Waals surface area (Å²) in [4.78, 5) is 15.7. The lowest BCUT2D eigenvalue weighted by atomic mass is 9.68. The number of nitrogens with one attached hydrogen (secondary N) is 1. The van der Waals surface area contributed by atoms with Crippen LogP contribution < -0.4 is 14.4 Å². The van der Waals surface area contributed by atoms with Gasteiger partial charge in [-0.1, -0.05) is 24.1 Å². The number of aliphatic hydroxyl groups excluding tert-OH is 1. The van der Waals surface area contributed by atoms with Crippen LogP contribution in [0.1, 0.15) is 79.3 Å². The average Bonchev–Trinajstić information content (AvgIpc) is 3.04. The van der Waals surface area contributed by atoms with Crippen LogP contribution in [0.3, 0.4) is 0 Å². The van der Waals surface area contributed by atoms with Gasteiger partial charge in [-0.05, 0) is 117 Å². The molecule has 41 heavy (non-hydrogen) atoms. The van der Waals surface area contributed by atoms with Gasteiger partial charge >= 0.3 is 0 Å². The molecule has 5 aliphatic rings. The summed E-state index contributed by atoms with van der Waals surface area (Å²) in [7, 11) is -3.79. The van der Waals surface area contributed by atoms with Crippen molar-refractivity contribution in [3.63, 3.8) is 0 Å². The van der Waals surface area contributed by atoms with E-state index in [0.29, 0.717) is 36.7 Å². The SMILES string of the molecule is O=C1NS(=O)(=O)[C@H]2CC[C@@H]2CCC[C@H](O)[C@@H]2CC[C@H]2CN2C[C@@]3(CCCc4cc(Cl)ccc43)COc3ccc1cc32. The Hall–Kier alpha value is -2.29. The lowest BCUT2D eigenvalue weighted by Crippen LogP contribution is -2.50. The van der Waals surface area contributed by atoms with Crippen molar-refractivity contribution in [2.75, 3.05) is 24.6 Å². The van der Waals surface area contributed by atoms with Crippen molar-refractivity contribution in [3.05, 3.63) is 58.1 Å². The van der Waals surface area contributed by atoms with E-state index < -0.39 is 21.2 Å². The molecule has 6 atom stereocenters. The van der Waals surface area contributed by atoms with Gasteiger partial charge in [0.05, 0.1) is 23.6 Å². The number of amides is 1. The quantitative estimate of drug-likeness (QED) is 0.432. The monoisotopic (exact) mass is 598 g/mol. The number of halogens is 1. The fraction of sp³-hybridized carbons (Fsp3) is 0.594. The molecule has 2 aromatic carbocycles. The second kappa shape index (κ2) is 10.5. The standard InChI is InChI=1S/C32H39ClN2O5S/c33-24-9-11-26-21(15-24)4-2-14-32(26)18-35-17-23-6-10-25(23)28(36)5-1-3-20-8-13-30(20)41(38,39)34-31(37)22-7-12-29(40-19-32)27(35)16-22/h7,9,11-12,15-16,20,23,25,28,30,36H,1-6,8,10,13-14,17-19H2,(H,34,37)/t20-,23-,25+,28-,30-,32-/m0/s1. The number of rotatable bonds is 0. The van der Waals surface area contributed by atoms with E-state index in [9.17, 15) is 18.3 Å². The number of anilines is 1. The first kappa shape index (κ1) is 27.5. The van der Waals surface area contributed by atoms with Crippen LogP contribution in [0.5, 0.6) is 5.75 Å². The third-order valence-corrected chi connectivity index (χ3v) is 12.9. The van der Waals surface area contributed by atoms with Gasteiger partial charge in [0.15, 0.2) is 0 Å². The zero-order chi connectivity index (χ0) is 28.4. The van der Waals surface area contributed by atoms with Crippen LogP contribution in [0, 0.1) is 17.8 Å². The van der Waals surface area contributed by atoms with E-state index in [4.69, 9.17) is 16.3 Å². The number of carbonyl (C=O) groups is 1. The summed E-state index contributed by atoms with van der Waals surface area (Å²) in [5, 5.41) is 11.4. The first-order chi connectivity index (χ1) is 19.7. The Morgan fingerprint density at radius 3 is 2.63 bits per heavy atom. The van der Waals surface area contributed by atoms with Crippen molar-refractivity contribution in [1.82, 2.24) is 4.72 Å². The summed E-state index contributed by atoms with van der Waals surface area (Å²) in [6, 6.07) is 11.5. The van der Waals surface area contributed by atoms with E-state index in [1.807, 2.05) is 12.1 Å². The van der Waals surface area contributed by atoms with Gasteiger partial charge < -0.3 is 14.7 Å². The Morgan fingerprint density at radius 1 is 1.00 bits per heavy atom. The Labute approximate surface area is 247 Å². The van der Waals surface area contributed by atoms with Crippen molar-refractivity contribution >= 4 is 33.2 Å². The first-order valence-corrected chi connectivity index (χ1v) is 17.2. The van der Waals surface area contributed by atoms with Crippen LogP contribution in [-0.2, 0) is 21.9 Å². The fourth-order valence-corrected chi connectivity index (χ4v) is 10.2. The molecule has 0 aromatic heterocycles. The number of benzene rings is 2. The van der Waals surface area contributed by atoms with E-state index in [-0.39, 0.29) is 23.4 Å². The van der Waals surface area contributed by atoms with Crippen molar-refractivity contribution in [3.8, 4) is 5.75 Å². The van der Waals surface area contributed by atoms with Gasteiger partial charge in [-0.2, -0.15) is 0 Å². The van der Waals surface area contributed by atoms with E-state index in [0.717, 1.165) is 75.2 Å². The van der Waals surface area contributed by atoms with E-state index >= 15 is 0 Å². The van der Waals surface area contributed by atoms with E-state index in [1.165, 1.54) is 11.1 Å². The summed E-state index contributed by atoms with van der Waals surface area (Å²) in [5.74, 6) is 0.746. The van der Waals surface area contributed by atoms with E-state index in [1.54, 1.807) is 12.1 Å². The van der Waals surface area contributed by atoms with Gasteiger partial charge in [-0.15, -0.1) is 0 Å². The highest BCUT2D eigenvalue weighted by atomic mass is 35.5. The number of fused-ring (bicyclic) bond motifs is 5. The molecule has 3 aliphatic carbocycles. The van der Waals surface area contributed by atoms with Crippen LogP contribution in [0.15, 0.2) is 36.4 Å². The van der Waals surface area contributed by atoms with Crippen molar-refractivity contribution in [2.45, 2.75) is 81.0 Å². The minimum absolute atomic E-state index is 0.0398.